The Labute approximate surface area is 156 Å². The van der Waals surface area contributed by atoms with Crippen LogP contribution in [0.2, 0.25) is 4.82 Å². The molecule has 0 N–H and O–H groups in total. The summed E-state index contributed by atoms with van der Waals surface area (Å²) in [5, 5.41) is 0. The van der Waals surface area contributed by atoms with E-state index in [1.54, 1.807) is 0 Å². The molecule has 0 aliphatic heterocycles. The first kappa shape index (κ1) is 21.5. The van der Waals surface area contributed by atoms with Crippen molar-refractivity contribution in [3.63, 3.8) is 0 Å². The van der Waals surface area contributed by atoms with Gasteiger partial charge in [-0.15, -0.1) is 0 Å². The zero-order valence-electron chi connectivity index (χ0n) is 15.6. The molecular formula is C22H36OSe. The van der Waals surface area contributed by atoms with E-state index in [0.29, 0.717) is 15.0 Å². The van der Waals surface area contributed by atoms with Crippen LogP contribution in [-0.2, 0) is 4.79 Å². The van der Waals surface area contributed by atoms with Crippen LogP contribution in [0.5, 0.6) is 0 Å². The fraction of sp³-hybridized carbons (Fsp3) is 0.682. The van der Waals surface area contributed by atoms with Gasteiger partial charge in [0.15, 0.2) is 0 Å². The van der Waals surface area contributed by atoms with Crippen molar-refractivity contribution in [3.8, 4) is 0 Å². The average Bonchev–Trinajstić information content (AvgIpc) is 2.62. The SMILES string of the molecule is CCCCCCCCCCCCCC[C@@H](C=O)[Se]c1ccccc1. The molecule has 0 unspecified atom stereocenters. The second-order valence-corrected chi connectivity index (χ2v) is 9.54. The molecule has 0 heterocycles. The van der Waals surface area contributed by atoms with E-state index < -0.39 is 0 Å². The summed E-state index contributed by atoms with van der Waals surface area (Å²) < 4.78 is 1.35. The van der Waals surface area contributed by atoms with Gasteiger partial charge in [0.05, 0.1) is 0 Å². The maximum absolute atomic E-state index is 11.3. The van der Waals surface area contributed by atoms with E-state index in [4.69, 9.17) is 0 Å². The van der Waals surface area contributed by atoms with Gasteiger partial charge in [0, 0.05) is 0 Å². The van der Waals surface area contributed by atoms with Crippen molar-refractivity contribution in [1.29, 1.82) is 0 Å². The molecule has 0 spiro atoms. The van der Waals surface area contributed by atoms with Gasteiger partial charge >= 0.3 is 136 Å². The van der Waals surface area contributed by atoms with Gasteiger partial charge in [0.25, 0.3) is 0 Å². The Morgan fingerprint density at radius 3 is 1.79 bits per heavy atom. The van der Waals surface area contributed by atoms with Crippen LogP contribution in [0.1, 0.15) is 90.4 Å². The van der Waals surface area contributed by atoms with Crippen LogP contribution < -0.4 is 4.46 Å². The van der Waals surface area contributed by atoms with E-state index in [0.717, 1.165) is 6.42 Å². The van der Waals surface area contributed by atoms with Crippen molar-refractivity contribution in [2.45, 2.75) is 95.2 Å². The molecule has 0 radical (unpaired) electrons. The topological polar surface area (TPSA) is 17.1 Å². The minimum atomic E-state index is 0.267. The molecule has 0 saturated carbocycles. The zero-order chi connectivity index (χ0) is 17.3. The van der Waals surface area contributed by atoms with Gasteiger partial charge in [-0.1, -0.05) is 19.8 Å². The van der Waals surface area contributed by atoms with Crippen LogP contribution in [0.25, 0.3) is 0 Å². The fourth-order valence-corrected chi connectivity index (χ4v) is 5.12. The van der Waals surface area contributed by atoms with Crippen molar-refractivity contribution >= 4 is 25.7 Å². The van der Waals surface area contributed by atoms with Gasteiger partial charge in [-0.3, -0.25) is 0 Å². The quantitative estimate of drug-likeness (QED) is 0.188. The summed E-state index contributed by atoms with van der Waals surface area (Å²) in [4.78, 5) is 11.5. The van der Waals surface area contributed by atoms with Crippen molar-refractivity contribution < 1.29 is 4.79 Å². The third-order valence-electron chi connectivity index (χ3n) is 4.52. The van der Waals surface area contributed by atoms with E-state index in [2.05, 4.69) is 31.2 Å². The summed E-state index contributed by atoms with van der Waals surface area (Å²) in [6.07, 6.45) is 18.8. The maximum atomic E-state index is 11.3. The first-order chi connectivity index (χ1) is 11.9. The van der Waals surface area contributed by atoms with Gasteiger partial charge in [0.1, 0.15) is 0 Å². The normalized spacial score (nSPS) is 12.2. The monoisotopic (exact) mass is 396 g/mol. The molecule has 1 atom stereocenters. The Morgan fingerprint density at radius 1 is 0.792 bits per heavy atom. The van der Waals surface area contributed by atoms with Crippen molar-refractivity contribution in [2.75, 3.05) is 0 Å². The number of hydrogen-bond donors (Lipinski definition) is 0. The number of benzene rings is 1. The van der Waals surface area contributed by atoms with Crippen LogP contribution in [0, 0.1) is 0 Å². The summed E-state index contributed by atoms with van der Waals surface area (Å²) in [6, 6.07) is 10.5. The molecule has 1 aromatic carbocycles. The second kappa shape index (κ2) is 15.9. The minimum absolute atomic E-state index is 0.267. The number of hydrogen-bond acceptors (Lipinski definition) is 1. The molecule has 1 rings (SSSR count). The van der Waals surface area contributed by atoms with Crippen molar-refractivity contribution in [3.05, 3.63) is 30.3 Å². The van der Waals surface area contributed by atoms with Crippen LogP contribution in [0.4, 0.5) is 0 Å². The predicted octanol–water partition coefficient (Wildman–Crippen LogP) is 6.09. The first-order valence-corrected chi connectivity index (χ1v) is 11.9. The van der Waals surface area contributed by atoms with Crippen LogP contribution in [-0.4, -0.2) is 21.2 Å². The molecule has 0 fully saturated rings. The van der Waals surface area contributed by atoms with Crippen molar-refractivity contribution in [2.24, 2.45) is 0 Å². The number of aldehydes is 1. The molecule has 0 bridgehead atoms. The molecular weight excluding hydrogens is 359 g/mol. The van der Waals surface area contributed by atoms with Gasteiger partial charge in [-0.2, -0.15) is 0 Å². The molecule has 1 nitrogen and oxygen atoms in total. The number of rotatable bonds is 16. The summed E-state index contributed by atoms with van der Waals surface area (Å²) >= 11 is 0.306. The summed E-state index contributed by atoms with van der Waals surface area (Å²) in [6.45, 7) is 2.28. The Balaban J connectivity index is 1.91. The van der Waals surface area contributed by atoms with Gasteiger partial charge in [0.2, 0.25) is 0 Å². The number of unbranched alkanes of at least 4 members (excludes halogenated alkanes) is 11. The van der Waals surface area contributed by atoms with E-state index in [1.807, 2.05) is 6.07 Å². The number of carbonyl (C=O) groups excluding carboxylic acids is 1. The summed E-state index contributed by atoms with van der Waals surface area (Å²) in [5.74, 6) is 0. The molecule has 0 aliphatic rings. The third-order valence-corrected chi connectivity index (χ3v) is 7.03. The van der Waals surface area contributed by atoms with Crippen LogP contribution >= 0.6 is 0 Å². The molecule has 0 saturated heterocycles. The molecule has 2 heteroatoms. The van der Waals surface area contributed by atoms with E-state index in [9.17, 15) is 4.79 Å². The van der Waals surface area contributed by atoms with Crippen LogP contribution in [0.3, 0.4) is 0 Å². The van der Waals surface area contributed by atoms with Gasteiger partial charge in [-0.05, 0) is 0 Å². The molecule has 0 aliphatic carbocycles. The Morgan fingerprint density at radius 2 is 1.29 bits per heavy atom. The first-order valence-electron chi connectivity index (χ1n) is 10.0. The standard InChI is InChI=1S/C22H36OSe/c1-2-3-4-5-6-7-8-9-10-11-12-14-19-22(20-23)24-21-17-15-13-16-18-21/h13,15-18,20,22H,2-12,14,19H2,1H3/t22-/m0/s1. The molecule has 0 amide bonds. The fourth-order valence-electron chi connectivity index (χ4n) is 3.02. The zero-order valence-corrected chi connectivity index (χ0v) is 17.3. The summed E-state index contributed by atoms with van der Waals surface area (Å²) in [5.41, 5.74) is 0. The van der Waals surface area contributed by atoms with E-state index in [1.165, 1.54) is 87.8 Å². The van der Waals surface area contributed by atoms with Crippen LogP contribution in [0.15, 0.2) is 30.3 Å². The Kier molecular flexibility index (Phi) is 14.2. The predicted molar refractivity (Wildman–Crippen MR) is 107 cm³/mol. The Hall–Kier alpha value is -0.591. The van der Waals surface area contributed by atoms with Gasteiger partial charge < -0.3 is 0 Å². The van der Waals surface area contributed by atoms with E-state index in [-0.39, 0.29) is 4.82 Å². The molecule has 24 heavy (non-hydrogen) atoms. The van der Waals surface area contributed by atoms with Crippen molar-refractivity contribution in [1.82, 2.24) is 0 Å². The van der Waals surface area contributed by atoms with Gasteiger partial charge in [-0.25, -0.2) is 0 Å². The average molecular weight is 395 g/mol. The van der Waals surface area contributed by atoms with E-state index >= 15 is 0 Å². The molecule has 1 aromatic rings. The third kappa shape index (κ3) is 11.9. The second-order valence-electron chi connectivity index (χ2n) is 6.78. The molecule has 136 valence electrons. The number of carbonyl (C=O) groups is 1. The molecule has 0 aromatic heterocycles. The summed E-state index contributed by atoms with van der Waals surface area (Å²) in [7, 11) is 0. The Bertz CT molecular complexity index is 390.